The van der Waals surface area contributed by atoms with Gasteiger partial charge in [-0.25, -0.2) is 0 Å². The minimum atomic E-state index is -0.00341. The number of carbonyl (C=O) groups is 1. The summed E-state index contributed by atoms with van der Waals surface area (Å²) >= 11 is 7.20. The first kappa shape index (κ1) is 18.6. The minimum Gasteiger partial charge on any atom is -0.486 e. The lowest BCUT2D eigenvalue weighted by Crippen LogP contribution is -2.33. The van der Waals surface area contributed by atoms with Gasteiger partial charge in [0.15, 0.2) is 11.0 Å². The Morgan fingerprint density at radius 1 is 1.38 bits per heavy atom. The van der Waals surface area contributed by atoms with Crippen molar-refractivity contribution in [1.82, 2.24) is 20.1 Å². The predicted molar refractivity (Wildman–Crippen MR) is 95.4 cm³/mol. The SMILES string of the molecule is CC[C@H](C)NC(=O)CSc1nnc(COc2ccc(Cl)cc2)n1C. The molecule has 0 bridgehead atoms. The van der Waals surface area contributed by atoms with Crippen LogP contribution in [0.25, 0.3) is 0 Å². The molecular weight excluding hydrogens is 348 g/mol. The summed E-state index contributed by atoms with van der Waals surface area (Å²) in [6.07, 6.45) is 0.909. The molecular formula is C16H21ClN4O2S. The zero-order chi connectivity index (χ0) is 17.5. The molecule has 0 spiro atoms. The number of ether oxygens (including phenoxy) is 1. The summed E-state index contributed by atoms with van der Waals surface area (Å²) in [5.74, 6) is 1.71. The molecule has 2 rings (SSSR count). The van der Waals surface area contributed by atoms with E-state index in [1.54, 1.807) is 24.3 Å². The number of benzene rings is 1. The van der Waals surface area contributed by atoms with Crippen LogP contribution in [0.15, 0.2) is 29.4 Å². The summed E-state index contributed by atoms with van der Waals surface area (Å²) in [6.45, 7) is 4.32. The first-order valence-electron chi connectivity index (χ1n) is 7.68. The minimum absolute atomic E-state index is 0.00341. The number of hydrogen-bond donors (Lipinski definition) is 1. The molecule has 1 atom stereocenters. The van der Waals surface area contributed by atoms with Gasteiger partial charge in [0.2, 0.25) is 5.91 Å². The summed E-state index contributed by atoms with van der Waals surface area (Å²) < 4.78 is 7.49. The molecule has 2 aromatic rings. The van der Waals surface area contributed by atoms with Gasteiger partial charge in [0, 0.05) is 18.1 Å². The maximum atomic E-state index is 11.8. The van der Waals surface area contributed by atoms with Crippen LogP contribution in [-0.2, 0) is 18.4 Å². The second kappa shape index (κ2) is 8.94. The highest BCUT2D eigenvalue weighted by molar-refractivity contribution is 7.99. The molecule has 1 aromatic heterocycles. The molecule has 0 saturated carbocycles. The number of hydrogen-bond acceptors (Lipinski definition) is 5. The van der Waals surface area contributed by atoms with E-state index in [-0.39, 0.29) is 11.9 Å². The molecule has 0 unspecified atom stereocenters. The first-order valence-corrected chi connectivity index (χ1v) is 9.04. The van der Waals surface area contributed by atoms with Gasteiger partial charge in [-0.05, 0) is 37.6 Å². The fraction of sp³-hybridized carbons (Fsp3) is 0.438. The molecule has 6 nitrogen and oxygen atoms in total. The van der Waals surface area contributed by atoms with E-state index in [1.165, 1.54) is 11.8 Å². The summed E-state index contributed by atoms with van der Waals surface area (Å²) in [7, 11) is 1.86. The predicted octanol–water partition coefficient (Wildman–Crippen LogP) is 3.05. The quantitative estimate of drug-likeness (QED) is 0.725. The topological polar surface area (TPSA) is 69.0 Å². The van der Waals surface area contributed by atoms with Crippen molar-refractivity contribution in [3.63, 3.8) is 0 Å². The van der Waals surface area contributed by atoms with Crippen molar-refractivity contribution in [3.8, 4) is 5.75 Å². The lowest BCUT2D eigenvalue weighted by atomic mass is 10.3. The molecule has 24 heavy (non-hydrogen) atoms. The van der Waals surface area contributed by atoms with Crippen LogP contribution in [0.4, 0.5) is 0 Å². The molecule has 0 aliphatic heterocycles. The zero-order valence-electron chi connectivity index (χ0n) is 14.0. The van der Waals surface area contributed by atoms with Gasteiger partial charge in [0.05, 0.1) is 5.75 Å². The van der Waals surface area contributed by atoms with Gasteiger partial charge >= 0.3 is 0 Å². The van der Waals surface area contributed by atoms with Crippen LogP contribution >= 0.6 is 23.4 Å². The fourth-order valence-electron chi connectivity index (χ4n) is 1.82. The van der Waals surface area contributed by atoms with Crippen molar-refractivity contribution >= 4 is 29.3 Å². The monoisotopic (exact) mass is 368 g/mol. The Morgan fingerprint density at radius 2 is 2.08 bits per heavy atom. The second-order valence-electron chi connectivity index (χ2n) is 5.37. The molecule has 1 heterocycles. The maximum absolute atomic E-state index is 11.8. The first-order chi connectivity index (χ1) is 11.5. The number of amides is 1. The highest BCUT2D eigenvalue weighted by Gasteiger charge is 2.12. The van der Waals surface area contributed by atoms with Crippen molar-refractivity contribution in [3.05, 3.63) is 35.1 Å². The molecule has 130 valence electrons. The van der Waals surface area contributed by atoms with Gasteiger partial charge in [0.1, 0.15) is 12.4 Å². The van der Waals surface area contributed by atoms with Crippen molar-refractivity contribution in [2.45, 2.75) is 38.1 Å². The molecule has 0 fully saturated rings. The third kappa shape index (κ3) is 5.42. The second-order valence-corrected chi connectivity index (χ2v) is 6.74. The van der Waals surface area contributed by atoms with Crippen molar-refractivity contribution in [2.75, 3.05) is 5.75 Å². The lowest BCUT2D eigenvalue weighted by molar-refractivity contribution is -0.119. The highest BCUT2D eigenvalue weighted by atomic mass is 35.5. The van der Waals surface area contributed by atoms with Crippen LogP contribution in [0.3, 0.4) is 0 Å². The maximum Gasteiger partial charge on any atom is 0.230 e. The third-order valence-corrected chi connectivity index (χ3v) is 4.73. The van der Waals surface area contributed by atoms with Crippen LogP contribution in [0.1, 0.15) is 26.1 Å². The number of thioether (sulfide) groups is 1. The van der Waals surface area contributed by atoms with Gasteiger partial charge in [-0.1, -0.05) is 30.3 Å². The molecule has 0 aliphatic rings. The van der Waals surface area contributed by atoms with Gasteiger partial charge in [-0.15, -0.1) is 10.2 Å². The Balaban J connectivity index is 1.86. The fourth-order valence-corrected chi connectivity index (χ4v) is 2.69. The van der Waals surface area contributed by atoms with Crippen molar-refractivity contribution in [1.29, 1.82) is 0 Å². The van der Waals surface area contributed by atoms with Gasteiger partial charge < -0.3 is 14.6 Å². The Bertz CT molecular complexity index is 675. The number of nitrogens with zero attached hydrogens (tertiary/aromatic N) is 3. The summed E-state index contributed by atoms with van der Waals surface area (Å²) in [5.41, 5.74) is 0. The van der Waals surface area contributed by atoms with Crippen LogP contribution in [0, 0.1) is 0 Å². The average Bonchev–Trinajstić information content (AvgIpc) is 2.92. The molecule has 1 N–H and O–H groups in total. The van der Waals surface area contributed by atoms with E-state index in [0.29, 0.717) is 34.1 Å². The molecule has 0 radical (unpaired) electrons. The van der Waals surface area contributed by atoms with E-state index in [9.17, 15) is 4.79 Å². The number of aromatic nitrogens is 3. The van der Waals surface area contributed by atoms with E-state index >= 15 is 0 Å². The summed E-state index contributed by atoms with van der Waals surface area (Å²) in [4.78, 5) is 11.8. The van der Waals surface area contributed by atoms with Gasteiger partial charge in [0.25, 0.3) is 0 Å². The van der Waals surface area contributed by atoms with Gasteiger partial charge in [-0.2, -0.15) is 0 Å². The van der Waals surface area contributed by atoms with E-state index in [2.05, 4.69) is 15.5 Å². The number of rotatable bonds is 8. The van der Waals surface area contributed by atoms with Crippen LogP contribution in [0.5, 0.6) is 5.75 Å². The largest absolute Gasteiger partial charge is 0.486 e. The number of carbonyl (C=O) groups excluding carboxylic acids is 1. The van der Waals surface area contributed by atoms with E-state index in [4.69, 9.17) is 16.3 Å². The van der Waals surface area contributed by atoms with Crippen molar-refractivity contribution in [2.24, 2.45) is 7.05 Å². The Kier molecular flexibility index (Phi) is 6.93. The molecule has 0 aliphatic carbocycles. The standard InChI is InChI=1S/C16H21ClN4O2S/c1-4-11(2)18-15(22)10-24-16-20-19-14(21(16)3)9-23-13-7-5-12(17)6-8-13/h5-8,11H,4,9-10H2,1-3H3,(H,18,22)/t11-/m0/s1. The normalized spacial score (nSPS) is 12.0. The Morgan fingerprint density at radius 3 is 2.75 bits per heavy atom. The lowest BCUT2D eigenvalue weighted by Gasteiger charge is -2.10. The average molecular weight is 369 g/mol. The van der Waals surface area contributed by atoms with Crippen LogP contribution < -0.4 is 10.1 Å². The number of halogens is 1. The zero-order valence-corrected chi connectivity index (χ0v) is 15.5. The van der Waals surface area contributed by atoms with Crippen LogP contribution in [-0.4, -0.2) is 32.5 Å². The molecule has 1 aromatic carbocycles. The molecule has 0 saturated heterocycles. The Hall–Kier alpha value is -1.73. The molecule has 1 amide bonds. The van der Waals surface area contributed by atoms with Crippen molar-refractivity contribution < 1.29 is 9.53 Å². The van der Waals surface area contributed by atoms with Crippen LogP contribution in [0.2, 0.25) is 5.02 Å². The highest BCUT2D eigenvalue weighted by Crippen LogP contribution is 2.18. The van der Waals surface area contributed by atoms with E-state index in [0.717, 1.165) is 6.42 Å². The molecule has 8 heteroatoms. The third-order valence-electron chi connectivity index (χ3n) is 3.46. The summed E-state index contributed by atoms with van der Waals surface area (Å²) in [6, 6.07) is 7.32. The summed E-state index contributed by atoms with van der Waals surface area (Å²) in [5, 5.41) is 12.5. The number of nitrogens with one attached hydrogen (secondary N) is 1. The smallest absolute Gasteiger partial charge is 0.230 e. The van der Waals surface area contributed by atoms with E-state index < -0.39 is 0 Å². The van der Waals surface area contributed by atoms with Gasteiger partial charge in [-0.3, -0.25) is 4.79 Å². The van der Waals surface area contributed by atoms with E-state index in [1.807, 2.05) is 25.5 Å². The Labute approximate surface area is 150 Å².